The molecule has 1 aliphatic rings. The van der Waals surface area contributed by atoms with Crippen LogP contribution in [0.15, 0.2) is 30.8 Å². The number of hydrogen-bond acceptors (Lipinski definition) is 2. The van der Waals surface area contributed by atoms with E-state index >= 15 is 0 Å². The highest BCUT2D eigenvalue weighted by atomic mass is 16.2. The molecule has 1 heterocycles. The normalized spacial score (nSPS) is 15.1. The lowest BCUT2D eigenvalue weighted by Crippen LogP contribution is -2.22. The van der Waals surface area contributed by atoms with Gasteiger partial charge in [-0.05, 0) is 18.9 Å². The molecule has 0 unspecified atom stereocenters. The van der Waals surface area contributed by atoms with Gasteiger partial charge in [-0.15, -0.1) is 0 Å². The Labute approximate surface area is 101 Å². The van der Waals surface area contributed by atoms with Crippen LogP contribution in [0.4, 0.5) is 0 Å². The summed E-state index contributed by atoms with van der Waals surface area (Å²) in [6.45, 7) is 6.23. The van der Waals surface area contributed by atoms with Crippen LogP contribution in [0, 0.1) is 0 Å². The molecule has 0 saturated carbocycles. The van der Waals surface area contributed by atoms with E-state index in [0.29, 0.717) is 12.0 Å². The maximum Gasteiger partial charge on any atom is 0.227 e. The van der Waals surface area contributed by atoms with Crippen LogP contribution in [0.25, 0.3) is 5.70 Å². The average molecular weight is 229 g/mol. The van der Waals surface area contributed by atoms with Crippen LogP contribution in [0.1, 0.15) is 35.7 Å². The Bertz CT molecular complexity index is 474. The molecule has 0 spiro atoms. The van der Waals surface area contributed by atoms with Gasteiger partial charge in [-0.2, -0.15) is 0 Å². The standard InChI is InChI=1S/C14H15NO2/c1-10(15-9-3-4-14(15)17)12-5-7-13(8-6-12)11(2)16/h5-8H,1,3-4,9H2,2H3. The molecule has 1 amide bonds. The van der Waals surface area contributed by atoms with E-state index in [1.807, 2.05) is 12.1 Å². The van der Waals surface area contributed by atoms with Crippen LogP contribution in [0.5, 0.6) is 0 Å². The van der Waals surface area contributed by atoms with Crippen LogP contribution < -0.4 is 0 Å². The minimum absolute atomic E-state index is 0.0411. The van der Waals surface area contributed by atoms with Gasteiger partial charge in [0.2, 0.25) is 5.91 Å². The number of hydrogen-bond donors (Lipinski definition) is 0. The van der Waals surface area contributed by atoms with Crippen molar-refractivity contribution in [2.45, 2.75) is 19.8 Å². The molecule has 0 aromatic heterocycles. The Morgan fingerprint density at radius 3 is 2.29 bits per heavy atom. The van der Waals surface area contributed by atoms with Gasteiger partial charge in [0, 0.05) is 24.2 Å². The van der Waals surface area contributed by atoms with Crippen LogP contribution in [-0.2, 0) is 4.79 Å². The van der Waals surface area contributed by atoms with Gasteiger partial charge in [-0.1, -0.05) is 30.8 Å². The maximum absolute atomic E-state index is 11.6. The number of carbonyl (C=O) groups is 2. The summed E-state index contributed by atoms with van der Waals surface area (Å²) in [7, 11) is 0. The quantitative estimate of drug-likeness (QED) is 0.747. The van der Waals surface area contributed by atoms with E-state index < -0.39 is 0 Å². The van der Waals surface area contributed by atoms with Crippen LogP contribution in [0.3, 0.4) is 0 Å². The summed E-state index contributed by atoms with van der Waals surface area (Å²) in [5.41, 5.74) is 2.29. The van der Waals surface area contributed by atoms with Crippen molar-refractivity contribution in [1.29, 1.82) is 0 Å². The lowest BCUT2D eigenvalue weighted by molar-refractivity contribution is -0.124. The molecule has 0 radical (unpaired) electrons. The number of Topliss-reactive ketones (excluding diaryl/α,β-unsaturated/α-hetero) is 1. The highest BCUT2D eigenvalue weighted by molar-refractivity contribution is 5.94. The van der Waals surface area contributed by atoms with E-state index in [9.17, 15) is 9.59 Å². The molecule has 17 heavy (non-hydrogen) atoms. The molecule has 0 aliphatic carbocycles. The monoisotopic (exact) mass is 229 g/mol. The van der Waals surface area contributed by atoms with Crippen LogP contribution >= 0.6 is 0 Å². The first-order valence-electron chi connectivity index (χ1n) is 5.70. The van der Waals surface area contributed by atoms with Crippen molar-refractivity contribution in [3.8, 4) is 0 Å². The highest BCUT2D eigenvalue weighted by Crippen LogP contribution is 2.23. The number of benzene rings is 1. The molecular weight excluding hydrogens is 214 g/mol. The Hall–Kier alpha value is -1.90. The number of ketones is 1. The molecular formula is C14H15NO2. The topological polar surface area (TPSA) is 37.4 Å². The number of rotatable bonds is 3. The van der Waals surface area contributed by atoms with Crippen molar-refractivity contribution in [1.82, 2.24) is 4.90 Å². The molecule has 0 atom stereocenters. The second-order valence-electron chi connectivity index (χ2n) is 4.23. The zero-order valence-electron chi connectivity index (χ0n) is 9.90. The minimum atomic E-state index is 0.0411. The number of likely N-dealkylation sites (tertiary alicyclic amines) is 1. The molecule has 3 heteroatoms. The van der Waals surface area contributed by atoms with E-state index in [1.165, 1.54) is 6.92 Å². The fourth-order valence-corrected chi connectivity index (χ4v) is 1.99. The Balaban J connectivity index is 2.20. The SMILES string of the molecule is C=C(c1ccc(C(C)=O)cc1)N1CCCC1=O. The molecule has 1 aromatic carbocycles. The van der Waals surface area contributed by atoms with Gasteiger partial charge in [0.15, 0.2) is 5.78 Å². The minimum Gasteiger partial charge on any atom is -0.312 e. The Morgan fingerprint density at radius 1 is 1.24 bits per heavy atom. The molecule has 88 valence electrons. The summed E-state index contributed by atoms with van der Waals surface area (Å²) >= 11 is 0. The van der Waals surface area contributed by atoms with Gasteiger partial charge in [0.05, 0.1) is 0 Å². The zero-order chi connectivity index (χ0) is 12.4. The molecule has 1 aliphatic heterocycles. The first kappa shape index (κ1) is 11.6. The van der Waals surface area contributed by atoms with Crippen molar-refractivity contribution in [2.75, 3.05) is 6.54 Å². The van der Waals surface area contributed by atoms with Crippen molar-refractivity contribution in [2.24, 2.45) is 0 Å². The van der Waals surface area contributed by atoms with Crippen molar-refractivity contribution >= 4 is 17.4 Å². The lowest BCUT2D eigenvalue weighted by Gasteiger charge is -2.18. The fourth-order valence-electron chi connectivity index (χ4n) is 1.99. The largest absolute Gasteiger partial charge is 0.312 e. The average Bonchev–Trinajstić information content (AvgIpc) is 2.74. The summed E-state index contributed by atoms with van der Waals surface area (Å²) in [6, 6.07) is 7.21. The predicted octanol–water partition coefficient (Wildman–Crippen LogP) is 2.48. The Kier molecular flexibility index (Phi) is 3.09. The van der Waals surface area contributed by atoms with E-state index in [4.69, 9.17) is 0 Å². The predicted molar refractivity (Wildman–Crippen MR) is 66.4 cm³/mol. The number of nitrogens with zero attached hydrogens (tertiary/aromatic N) is 1. The van der Waals surface area contributed by atoms with E-state index in [1.54, 1.807) is 17.0 Å². The van der Waals surface area contributed by atoms with Gasteiger partial charge < -0.3 is 4.90 Å². The Morgan fingerprint density at radius 2 is 1.82 bits per heavy atom. The van der Waals surface area contributed by atoms with Crippen molar-refractivity contribution < 1.29 is 9.59 Å². The number of carbonyl (C=O) groups excluding carboxylic acids is 2. The molecule has 2 rings (SSSR count). The smallest absolute Gasteiger partial charge is 0.227 e. The third kappa shape index (κ3) is 2.28. The third-order valence-electron chi connectivity index (χ3n) is 3.02. The highest BCUT2D eigenvalue weighted by Gasteiger charge is 2.23. The molecule has 0 bridgehead atoms. The second-order valence-corrected chi connectivity index (χ2v) is 4.23. The van der Waals surface area contributed by atoms with Crippen molar-refractivity contribution in [3.63, 3.8) is 0 Å². The first-order valence-corrected chi connectivity index (χ1v) is 5.70. The lowest BCUT2D eigenvalue weighted by atomic mass is 10.1. The molecule has 1 saturated heterocycles. The van der Waals surface area contributed by atoms with E-state index in [2.05, 4.69) is 6.58 Å². The van der Waals surface area contributed by atoms with E-state index in [-0.39, 0.29) is 11.7 Å². The second kappa shape index (κ2) is 4.53. The molecule has 3 nitrogen and oxygen atoms in total. The van der Waals surface area contributed by atoms with Gasteiger partial charge in [-0.25, -0.2) is 0 Å². The molecule has 0 N–H and O–H groups in total. The fraction of sp³-hybridized carbons (Fsp3) is 0.286. The summed E-state index contributed by atoms with van der Waals surface area (Å²) < 4.78 is 0. The molecule has 1 aromatic rings. The summed E-state index contributed by atoms with van der Waals surface area (Å²) in [5, 5.41) is 0. The van der Waals surface area contributed by atoms with Gasteiger partial charge in [0.25, 0.3) is 0 Å². The van der Waals surface area contributed by atoms with E-state index in [0.717, 1.165) is 24.2 Å². The summed E-state index contributed by atoms with van der Waals surface area (Å²) in [6.07, 6.45) is 1.49. The van der Waals surface area contributed by atoms with Gasteiger partial charge in [-0.3, -0.25) is 9.59 Å². The third-order valence-corrected chi connectivity index (χ3v) is 3.02. The summed E-state index contributed by atoms with van der Waals surface area (Å²) in [5.74, 6) is 0.171. The number of amides is 1. The van der Waals surface area contributed by atoms with Crippen molar-refractivity contribution in [3.05, 3.63) is 42.0 Å². The van der Waals surface area contributed by atoms with Gasteiger partial charge in [0.1, 0.15) is 0 Å². The zero-order valence-corrected chi connectivity index (χ0v) is 9.90. The summed E-state index contributed by atoms with van der Waals surface area (Å²) in [4.78, 5) is 24.4. The van der Waals surface area contributed by atoms with Crippen LogP contribution in [-0.4, -0.2) is 23.1 Å². The molecule has 1 fully saturated rings. The van der Waals surface area contributed by atoms with Gasteiger partial charge >= 0.3 is 0 Å². The first-order chi connectivity index (χ1) is 8.09. The maximum atomic E-state index is 11.6. The van der Waals surface area contributed by atoms with Crippen LogP contribution in [0.2, 0.25) is 0 Å².